The molecule has 0 bridgehead atoms. The van der Waals surface area contributed by atoms with Crippen LogP contribution in [0.5, 0.6) is 0 Å². The number of carbonyl (C=O) groups excluding carboxylic acids is 1. The highest BCUT2D eigenvalue weighted by molar-refractivity contribution is 8.01. The smallest absolute Gasteiger partial charge is 0.325 e. The van der Waals surface area contributed by atoms with Crippen LogP contribution in [0.25, 0.3) is 0 Å². The Labute approximate surface area is 140 Å². The number of aryl methyl sites for hydroxylation is 2. The number of hydrogen-bond acceptors (Lipinski definition) is 7. The monoisotopic (exact) mass is 355 g/mol. The maximum Gasteiger partial charge on any atom is 0.325 e. The van der Waals surface area contributed by atoms with Crippen molar-refractivity contribution in [2.45, 2.75) is 31.0 Å². The number of thioether (sulfide) groups is 1. The third-order valence-corrected chi connectivity index (χ3v) is 5.03. The SMILES string of the molecule is Cc1nnc(SCCCNC(=O)Cc2c(C)[nH]c(=O)[nH]c2=O)s1. The molecule has 2 heterocycles. The summed E-state index contributed by atoms with van der Waals surface area (Å²) in [5.41, 5.74) is -0.402. The molecule has 0 saturated carbocycles. The van der Waals surface area contributed by atoms with E-state index in [1.807, 2.05) is 6.92 Å². The third kappa shape index (κ3) is 5.32. The van der Waals surface area contributed by atoms with Crippen LogP contribution < -0.4 is 16.6 Å². The third-order valence-electron chi connectivity index (χ3n) is 2.97. The normalized spacial score (nSPS) is 10.7. The summed E-state index contributed by atoms with van der Waals surface area (Å²) in [6, 6.07) is 0. The van der Waals surface area contributed by atoms with E-state index in [1.54, 1.807) is 30.0 Å². The van der Waals surface area contributed by atoms with E-state index in [2.05, 4.69) is 25.5 Å². The van der Waals surface area contributed by atoms with Crippen LogP contribution in [-0.2, 0) is 11.2 Å². The van der Waals surface area contributed by atoms with Gasteiger partial charge in [-0.25, -0.2) is 4.79 Å². The van der Waals surface area contributed by atoms with Crippen LogP contribution in [0.4, 0.5) is 0 Å². The molecule has 8 nitrogen and oxygen atoms in total. The van der Waals surface area contributed by atoms with Gasteiger partial charge in [-0.3, -0.25) is 14.6 Å². The zero-order valence-electron chi connectivity index (χ0n) is 12.8. The molecule has 0 aliphatic rings. The van der Waals surface area contributed by atoms with Gasteiger partial charge in [0.05, 0.1) is 6.42 Å². The molecule has 0 atom stereocenters. The van der Waals surface area contributed by atoms with Gasteiger partial charge in [-0.05, 0) is 20.3 Å². The fourth-order valence-electron chi connectivity index (χ4n) is 1.86. The first-order chi connectivity index (χ1) is 11.0. The minimum absolute atomic E-state index is 0.0549. The second-order valence-corrected chi connectivity index (χ2v) is 7.35. The van der Waals surface area contributed by atoms with E-state index < -0.39 is 11.2 Å². The number of amides is 1. The molecule has 0 aromatic carbocycles. The molecule has 0 fully saturated rings. The van der Waals surface area contributed by atoms with Crippen LogP contribution in [0.2, 0.25) is 0 Å². The van der Waals surface area contributed by atoms with E-state index in [0.717, 1.165) is 21.5 Å². The molecule has 0 aliphatic carbocycles. The average Bonchev–Trinajstić information content (AvgIpc) is 2.88. The molecule has 3 N–H and O–H groups in total. The van der Waals surface area contributed by atoms with E-state index in [9.17, 15) is 14.4 Å². The maximum absolute atomic E-state index is 11.9. The Kier molecular flexibility index (Phi) is 6.11. The lowest BCUT2D eigenvalue weighted by Crippen LogP contribution is -2.32. The number of hydrogen-bond donors (Lipinski definition) is 3. The first-order valence-electron chi connectivity index (χ1n) is 6.97. The quantitative estimate of drug-likeness (QED) is 0.487. The fraction of sp³-hybridized carbons (Fsp3) is 0.462. The molecule has 0 aliphatic heterocycles. The lowest BCUT2D eigenvalue weighted by molar-refractivity contribution is -0.120. The number of carbonyl (C=O) groups is 1. The summed E-state index contributed by atoms with van der Waals surface area (Å²) >= 11 is 3.15. The molecule has 0 spiro atoms. The Bertz CT molecular complexity index is 795. The van der Waals surface area contributed by atoms with E-state index >= 15 is 0 Å². The Balaban J connectivity index is 1.73. The number of aromatic nitrogens is 4. The second kappa shape index (κ2) is 8.06. The van der Waals surface area contributed by atoms with Crippen molar-refractivity contribution < 1.29 is 4.79 Å². The average molecular weight is 355 g/mol. The predicted octanol–water partition coefficient (Wildman–Crippen LogP) is 0.373. The highest BCUT2D eigenvalue weighted by atomic mass is 32.2. The minimum atomic E-state index is -0.569. The zero-order valence-corrected chi connectivity index (χ0v) is 14.4. The topological polar surface area (TPSA) is 121 Å². The van der Waals surface area contributed by atoms with Crippen molar-refractivity contribution in [3.63, 3.8) is 0 Å². The molecule has 124 valence electrons. The van der Waals surface area contributed by atoms with Gasteiger partial charge in [0.25, 0.3) is 5.56 Å². The summed E-state index contributed by atoms with van der Waals surface area (Å²) in [5, 5.41) is 11.6. The van der Waals surface area contributed by atoms with Crippen LogP contribution in [-0.4, -0.2) is 38.4 Å². The summed E-state index contributed by atoms with van der Waals surface area (Å²) in [4.78, 5) is 39.2. The van der Waals surface area contributed by atoms with Crippen molar-refractivity contribution in [2.24, 2.45) is 0 Å². The van der Waals surface area contributed by atoms with Crippen LogP contribution in [0.15, 0.2) is 13.9 Å². The second-order valence-electron chi connectivity index (χ2n) is 4.83. The van der Waals surface area contributed by atoms with Gasteiger partial charge in [0.1, 0.15) is 5.01 Å². The number of H-pyrrole nitrogens is 2. The summed E-state index contributed by atoms with van der Waals surface area (Å²) < 4.78 is 0.921. The Morgan fingerprint density at radius 1 is 1.26 bits per heavy atom. The zero-order chi connectivity index (χ0) is 16.8. The summed E-state index contributed by atoms with van der Waals surface area (Å²) in [6.07, 6.45) is 0.733. The van der Waals surface area contributed by atoms with Gasteiger partial charge >= 0.3 is 5.69 Å². The van der Waals surface area contributed by atoms with E-state index in [1.165, 1.54) is 0 Å². The van der Waals surface area contributed by atoms with Gasteiger partial charge in [0, 0.05) is 23.6 Å². The molecule has 0 radical (unpaired) electrons. The standard InChI is InChI=1S/C13H17N5O3S2/c1-7-9(11(20)16-12(21)15-7)6-10(19)14-4-3-5-22-13-18-17-8(2)23-13/h3-6H2,1-2H3,(H,14,19)(H2,15,16,20,21). The van der Waals surface area contributed by atoms with E-state index in [4.69, 9.17) is 0 Å². The summed E-state index contributed by atoms with van der Waals surface area (Å²) in [7, 11) is 0. The summed E-state index contributed by atoms with van der Waals surface area (Å²) in [6.45, 7) is 4.02. The van der Waals surface area contributed by atoms with Gasteiger partial charge in [0.15, 0.2) is 4.34 Å². The van der Waals surface area contributed by atoms with Crippen LogP contribution in [0, 0.1) is 13.8 Å². The molecular formula is C13H17N5O3S2. The fourth-order valence-corrected chi connectivity index (χ4v) is 3.68. The van der Waals surface area contributed by atoms with Crippen molar-refractivity contribution in [2.75, 3.05) is 12.3 Å². The largest absolute Gasteiger partial charge is 0.356 e. The van der Waals surface area contributed by atoms with Crippen molar-refractivity contribution in [3.05, 3.63) is 37.1 Å². The van der Waals surface area contributed by atoms with Crippen LogP contribution >= 0.6 is 23.1 Å². The lowest BCUT2D eigenvalue weighted by atomic mass is 10.1. The minimum Gasteiger partial charge on any atom is -0.356 e. The Morgan fingerprint density at radius 2 is 2.04 bits per heavy atom. The molecule has 1 amide bonds. The van der Waals surface area contributed by atoms with E-state index in [-0.39, 0.29) is 17.9 Å². The number of rotatable bonds is 7. The molecule has 0 unspecified atom stereocenters. The number of nitrogens with one attached hydrogen (secondary N) is 3. The number of aromatic amines is 2. The highest BCUT2D eigenvalue weighted by Gasteiger charge is 2.10. The van der Waals surface area contributed by atoms with Gasteiger partial charge < -0.3 is 10.3 Å². The Hall–Kier alpha value is -1.94. The molecule has 2 aromatic rings. The van der Waals surface area contributed by atoms with Gasteiger partial charge in [-0.2, -0.15) is 0 Å². The van der Waals surface area contributed by atoms with Crippen molar-refractivity contribution in [1.82, 2.24) is 25.5 Å². The van der Waals surface area contributed by atoms with Crippen LogP contribution in [0.3, 0.4) is 0 Å². The Morgan fingerprint density at radius 3 is 2.70 bits per heavy atom. The van der Waals surface area contributed by atoms with Crippen molar-refractivity contribution in [3.8, 4) is 0 Å². The molecular weight excluding hydrogens is 338 g/mol. The van der Waals surface area contributed by atoms with Crippen molar-refractivity contribution >= 4 is 29.0 Å². The van der Waals surface area contributed by atoms with Crippen LogP contribution in [0.1, 0.15) is 22.7 Å². The molecule has 0 saturated heterocycles. The first-order valence-corrected chi connectivity index (χ1v) is 8.77. The molecule has 2 aromatic heterocycles. The van der Waals surface area contributed by atoms with Crippen molar-refractivity contribution in [1.29, 1.82) is 0 Å². The summed E-state index contributed by atoms with van der Waals surface area (Å²) in [5.74, 6) is 0.579. The van der Waals surface area contributed by atoms with Gasteiger partial charge in [-0.1, -0.05) is 23.1 Å². The van der Waals surface area contributed by atoms with Gasteiger partial charge in [0.2, 0.25) is 5.91 Å². The molecule has 10 heteroatoms. The maximum atomic E-state index is 11.9. The highest BCUT2D eigenvalue weighted by Crippen LogP contribution is 2.21. The molecule has 23 heavy (non-hydrogen) atoms. The lowest BCUT2D eigenvalue weighted by Gasteiger charge is -2.06. The van der Waals surface area contributed by atoms with Gasteiger partial charge in [-0.15, -0.1) is 10.2 Å². The van der Waals surface area contributed by atoms with E-state index in [0.29, 0.717) is 12.2 Å². The first kappa shape index (κ1) is 17.4. The molecule has 2 rings (SSSR count). The predicted molar refractivity (Wildman–Crippen MR) is 89.1 cm³/mol. The number of nitrogens with zero attached hydrogens (tertiary/aromatic N) is 2.